The van der Waals surface area contributed by atoms with Crippen LogP contribution in [-0.4, -0.2) is 34.0 Å². The van der Waals surface area contributed by atoms with Gasteiger partial charge in [0.2, 0.25) is 5.54 Å². The molecule has 9 nitrogen and oxygen atoms in total. The Bertz CT molecular complexity index is 867. The average Bonchev–Trinajstić information content (AvgIpc) is 2.97. The number of nitrogens with one attached hydrogen (secondary N) is 4. The monoisotopic (exact) mass is 345 g/mol. The normalized spacial score (nSPS) is 28.0. The van der Waals surface area contributed by atoms with E-state index in [9.17, 15) is 19.2 Å². The summed E-state index contributed by atoms with van der Waals surface area (Å²) in [6.07, 6.45) is 0. The Morgan fingerprint density at radius 3 is 2.54 bits per heavy atom. The maximum Gasteiger partial charge on any atom is 0.323 e. The molecule has 4 N–H and O–H groups in total. The first-order valence-corrected chi connectivity index (χ1v) is 7.94. The van der Waals surface area contributed by atoms with E-state index >= 15 is 0 Å². The van der Waals surface area contributed by atoms with Crippen LogP contribution in [0.1, 0.15) is 18.1 Å². The van der Waals surface area contributed by atoms with Crippen molar-refractivity contribution in [2.75, 3.05) is 5.32 Å². The molecule has 3 aliphatic rings. The second-order valence-corrected chi connectivity index (χ2v) is 6.84. The van der Waals surface area contributed by atoms with Crippen LogP contribution in [0.15, 0.2) is 23.3 Å². The summed E-state index contributed by atoms with van der Waals surface area (Å²) in [5, 5.41) is 10.7. The van der Waals surface area contributed by atoms with Crippen molar-refractivity contribution in [2.24, 2.45) is 5.10 Å². The van der Waals surface area contributed by atoms with Crippen molar-refractivity contribution in [1.29, 1.82) is 0 Å². The van der Waals surface area contributed by atoms with Crippen LogP contribution in [0.25, 0.3) is 0 Å². The number of urea groups is 1. The lowest BCUT2D eigenvalue weighted by Gasteiger charge is -2.21. The Morgan fingerprint density at radius 1 is 1.12 bits per heavy atom. The number of hydrogen-bond acceptors (Lipinski definition) is 6. The molecule has 10 heteroatoms. The standard InChI is InChI=1S/C14H11N5O4S/c1-5-9(18-19-13(23)24-5)6-2-3-8-7(4-6)14(10(20)15-8)11(21)16-12(22)17-14/h2-5H,1H3,(H,15,20)(H,19,23)(H2,16,17,21,22). The van der Waals surface area contributed by atoms with E-state index in [-0.39, 0.29) is 10.5 Å². The van der Waals surface area contributed by atoms with Gasteiger partial charge in [-0.05, 0) is 24.6 Å². The van der Waals surface area contributed by atoms with Crippen LogP contribution in [-0.2, 0) is 15.1 Å². The predicted octanol–water partition coefficient (Wildman–Crippen LogP) is 0.222. The van der Waals surface area contributed by atoms with Gasteiger partial charge in [-0.25, -0.2) is 10.2 Å². The van der Waals surface area contributed by atoms with E-state index < -0.39 is 23.4 Å². The molecule has 1 spiro atoms. The molecule has 0 bridgehead atoms. The van der Waals surface area contributed by atoms with Crippen molar-refractivity contribution in [1.82, 2.24) is 16.1 Å². The molecule has 0 aromatic heterocycles. The minimum absolute atomic E-state index is 0.190. The van der Waals surface area contributed by atoms with Crippen LogP contribution in [0.4, 0.5) is 15.3 Å². The van der Waals surface area contributed by atoms with E-state index in [1.54, 1.807) is 18.2 Å². The first-order chi connectivity index (χ1) is 11.4. The molecule has 24 heavy (non-hydrogen) atoms. The van der Waals surface area contributed by atoms with Crippen molar-refractivity contribution in [3.8, 4) is 0 Å². The van der Waals surface area contributed by atoms with Crippen molar-refractivity contribution in [3.63, 3.8) is 0 Å². The van der Waals surface area contributed by atoms with Gasteiger partial charge in [0.1, 0.15) is 0 Å². The van der Waals surface area contributed by atoms with Gasteiger partial charge in [-0.2, -0.15) is 5.10 Å². The molecule has 122 valence electrons. The highest BCUT2D eigenvalue weighted by Gasteiger charge is 2.58. The van der Waals surface area contributed by atoms with Crippen molar-refractivity contribution >= 4 is 46.2 Å². The van der Waals surface area contributed by atoms with Gasteiger partial charge in [0.15, 0.2) is 0 Å². The molecule has 0 radical (unpaired) electrons. The fourth-order valence-electron chi connectivity index (χ4n) is 3.00. The summed E-state index contributed by atoms with van der Waals surface area (Å²) < 4.78 is 0. The fraction of sp³-hybridized carbons (Fsp3) is 0.214. The molecule has 4 rings (SSSR count). The van der Waals surface area contributed by atoms with E-state index in [1.807, 2.05) is 6.92 Å². The number of carbonyl (C=O) groups is 4. The Balaban J connectivity index is 1.83. The molecular weight excluding hydrogens is 334 g/mol. The molecule has 0 saturated carbocycles. The first kappa shape index (κ1) is 14.7. The van der Waals surface area contributed by atoms with E-state index in [0.717, 1.165) is 11.8 Å². The van der Waals surface area contributed by atoms with Crippen LogP contribution < -0.4 is 21.4 Å². The number of imide groups is 1. The lowest BCUT2D eigenvalue weighted by atomic mass is 9.89. The first-order valence-electron chi connectivity index (χ1n) is 7.06. The number of nitrogens with zero attached hydrogens (tertiary/aromatic N) is 1. The highest BCUT2D eigenvalue weighted by molar-refractivity contribution is 8.14. The second kappa shape index (κ2) is 4.81. The van der Waals surface area contributed by atoms with Gasteiger partial charge in [0.05, 0.1) is 11.0 Å². The molecule has 1 aromatic rings. The number of thioether (sulfide) groups is 1. The molecule has 0 aliphatic carbocycles. The fourth-order valence-corrected chi connectivity index (χ4v) is 3.72. The Kier molecular flexibility index (Phi) is 2.94. The Morgan fingerprint density at radius 2 is 1.88 bits per heavy atom. The van der Waals surface area contributed by atoms with Gasteiger partial charge in [0, 0.05) is 11.3 Å². The Hall–Kier alpha value is -2.88. The summed E-state index contributed by atoms with van der Waals surface area (Å²) >= 11 is 1.09. The zero-order chi connectivity index (χ0) is 17.1. The van der Waals surface area contributed by atoms with Gasteiger partial charge in [-0.3, -0.25) is 19.7 Å². The average molecular weight is 345 g/mol. The molecular formula is C14H11N5O4S. The van der Waals surface area contributed by atoms with Crippen LogP contribution in [0, 0.1) is 0 Å². The molecule has 2 atom stereocenters. The van der Waals surface area contributed by atoms with Crippen LogP contribution in [0.3, 0.4) is 0 Å². The van der Waals surface area contributed by atoms with Gasteiger partial charge >= 0.3 is 6.03 Å². The van der Waals surface area contributed by atoms with E-state index in [0.29, 0.717) is 22.5 Å². The number of carbonyl (C=O) groups excluding carboxylic acids is 4. The molecule has 3 heterocycles. The molecule has 1 fully saturated rings. The molecule has 1 aromatic carbocycles. The highest BCUT2D eigenvalue weighted by Crippen LogP contribution is 2.39. The zero-order valence-electron chi connectivity index (χ0n) is 12.3. The minimum Gasteiger partial charge on any atom is -0.323 e. The van der Waals surface area contributed by atoms with Crippen LogP contribution in [0.5, 0.6) is 0 Å². The Labute approximate surface area is 139 Å². The quantitative estimate of drug-likeness (QED) is 0.427. The minimum atomic E-state index is -1.77. The number of anilines is 1. The van der Waals surface area contributed by atoms with Crippen molar-refractivity contribution in [2.45, 2.75) is 17.7 Å². The van der Waals surface area contributed by atoms with E-state index in [2.05, 4.69) is 26.5 Å². The summed E-state index contributed by atoms with van der Waals surface area (Å²) in [4.78, 5) is 47.5. The summed E-state index contributed by atoms with van der Waals surface area (Å²) in [6, 6.07) is 4.29. The summed E-state index contributed by atoms with van der Waals surface area (Å²) in [7, 11) is 0. The molecule has 3 aliphatic heterocycles. The second-order valence-electron chi connectivity index (χ2n) is 5.53. The van der Waals surface area contributed by atoms with Crippen molar-refractivity contribution < 1.29 is 19.2 Å². The number of hydrogen-bond donors (Lipinski definition) is 4. The third-order valence-electron chi connectivity index (χ3n) is 4.11. The SMILES string of the molecule is CC1SC(=O)NN=C1c1ccc2c(c1)C1(NC(=O)NC1=O)C(=O)N2. The summed E-state index contributed by atoms with van der Waals surface area (Å²) in [5.41, 5.74) is 2.69. The van der Waals surface area contributed by atoms with E-state index in [4.69, 9.17) is 0 Å². The zero-order valence-corrected chi connectivity index (χ0v) is 13.1. The van der Waals surface area contributed by atoms with Gasteiger partial charge in [-0.1, -0.05) is 17.8 Å². The van der Waals surface area contributed by atoms with Gasteiger partial charge in [0.25, 0.3) is 17.1 Å². The van der Waals surface area contributed by atoms with E-state index in [1.165, 1.54) is 0 Å². The smallest absolute Gasteiger partial charge is 0.323 e. The number of hydrazone groups is 1. The third-order valence-corrected chi connectivity index (χ3v) is 5.00. The highest BCUT2D eigenvalue weighted by atomic mass is 32.2. The topological polar surface area (TPSA) is 129 Å². The van der Waals surface area contributed by atoms with Crippen LogP contribution in [0.2, 0.25) is 0 Å². The third kappa shape index (κ3) is 1.86. The number of fused-ring (bicyclic) bond motifs is 2. The predicted molar refractivity (Wildman–Crippen MR) is 85.5 cm³/mol. The molecule has 1 saturated heterocycles. The van der Waals surface area contributed by atoms with Gasteiger partial charge < -0.3 is 10.6 Å². The number of amides is 5. The molecule has 2 unspecified atom stereocenters. The summed E-state index contributed by atoms with van der Waals surface area (Å²) in [5.74, 6) is -1.33. The summed E-state index contributed by atoms with van der Waals surface area (Å²) in [6.45, 7) is 1.83. The lowest BCUT2D eigenvalue weighted by molar-refractivity contribution is -0.132. The maximum atomic E-state index is 12.3. The maximum absolute atomic E-state index is 12.3. The lowest BCUT2D eigenvalue weighted by Crippen LogP contribution is -2.49. The largest absolute Gasteiger partial charge is 0.323 e. The van der Waals surface area contributed by atoms with Gasteiger partial charge in [-0.15, -0.1) is 0 Å². The number of benzene rings is 1. The van der Waals surface area contributed by atoms with Crippen LogP contribution >= 0.6 is 11.8 Å². The van der Waals surface area contributed by atoms with Crippen molar-refractivity contribution in [3.05, 3.63) is 29.3 Å². The molecule has 5 amide bonds. The number of rotatable bonds is 1.